The number of carbonyl (C=O) groups is 1. The average Bonchev–Trinajstić information content (AvgIpc) is 2.74. The molecule has 0 amide bonds. The number of aromatic nitrogens is 4. The van der Waals surface area contributed by atoms with E-state index in [9.17, 15) is 4.79 Å². The molecule has 9 nitrogen and oxygen atoms in total. The van der Waals surface area contributed by atoms with E-state index < -0.39 is 5.97 Å². The number of nitrogens with zero attached hydrogens (tertiary/aromatic N) is 6. The van der Waals surface area contributed by atoms with Crippen molar-refractivity contribution in [3.8, 4) is 0 Å². The van der Waals surface area contributed by atoms with E-state index in [0.29, 0.717) is 11.8 Å². The first-order valence-corrected chi connectivity index (χ1v) is 9.31. The Morgan fingerprint density at radius 2 is 1.59 bits per heavy atom. The maximum atomic E-state index is 11.0. The summed E-state index contributed by atoms with van der Waals surface area (Å²) >= 11 is 0. The van der Waals surface area contributed by atoms with Gasteiger partial charge in [-0.15, -0.1) is 0 Å². The van der Waals surface area contributed by atoms with Gasteiger partial charge in [-0.2, -0.15) is 4.98 Å². The van der Waals surface area contributed by atoms with E-state index in [2.05, 4.69) is 35.1 Å². The molecule has 0 aliphatic carbocycles. The second kappa shape index (κ2) is 8.09. The van der Waals surface area contributed by atoms with Crippen molar-refractivity contribution in [2.45, 2.75) is 6.92 Å². The number of hydrogen-bond donors (Lipinski definition) is 2. The lowest BCUT2D eigenvalue weighted by molar-refractivity contribution is 0.0697. The molecular formula is C20H21N7O2. The Kier molecular flexibility index (Phi) is 5.19. The molecule has 0 saturated carbocycles. The summed E-state index contributed by atoms with van der Waals surface area (Å²) in [5.41, 5.74) is 1.87. The van der Waals surface area contributed by atoms with Gasteiger partial charge in [-0.05, 0) is 37.3 Å². The summed E-state index contributed by atoms with van der Waals surface area (Å²) in [4.78, 5) is 33.1. The first-order valence-electron chi connectivity index (χ1n) is 9.31. The molecule has 1 saturated heterocycles. The quantitative estimate of drug-likeness (QED) is 0.677. The third-order valence-electron chi connectivity index (χ3n) is 4.64. The highest BCUT2D eigenvalue weighted by Crippen LogP contribution is 2.20. The fourth-order valence-electron chi connectivity index (χ4n) is 3.16. The van der Waals surface area contributed by atoms with E-state index >= 15 is 0 Å². The van der Waals surface area contributed by atoms with Crippen LogP contribution in [0.2, 0.25) is 0 Å². The van der Waals surface area contributed by atoms with Crippen molar-refractivity contribution in [1.29, 1.82) is 0 Å². The van der Waals surface area contributed by atoms with E-state index in [0.717, 1.165) is 43.5 Å². The molecule has 1 aliphatic rings. The van der Waals surface area contributed by atoms with Crippen LogP contribution >= 0.6 is 0 Å². The molecule has 0 atom stereocenters. The first kappa shape index (κ1) is 18.6. The van der Waals surface area contributed by atoms with Crippen LogP contribution in [-0.4, -0.2) is 57.2 Å². The van der Waals surface area contributed by atoms with Gasteiger partial charge in [0.1, 0.15) is 5.82 Å². The molecule has 29 heavy (non-hydrogen) atoms. The maximum Gasteiger partial charge on any atom is 0.335 e. The number of hydrogen-bond acceptors (Lipinski definition) is 8. The van der Waals surface area contributed by atoms with E-state index in [1.54, 1.807) is 36.7 Å². The molecule has 3 aromatic rings. The summed E-state index contributed by atoms with van der Waals surface area (Å²) in [5.74, 6) is 1.13. The average molecular weight is 391 g/mol. The van der Waals surface area contributed by atoms with Gasteiger partial charge in [-0.3, -0.25) is 0 Å². The molecule has 9 heteroatoms. The molecule has 1 fully saturated rings. The molecule has 3 heterocycles. The molecule has 0 radical (unpaired) electrons. The maximum absolute atomic E-state index is 11.0. The zero-order chi connectivity index (χ0) is 20.2. The Bertz CT molecular complexity index is 987. The van der Waals surface area contributed by atoms with Crippen molar-refractivity contribution in [2.75, 3.05) is 41.3 Å². The van der Waals surface area contributed by atoms with Gasteiger partial charge in [-0.1, -0.05) is 0 Å². The van der Waals surface area contributed by atoms with Crippen LogP contribution in [0.1, 0.15) is 16.1 Å². The highest BCUT2D eigenvalue weighted by molar-refractivity contribution is 5.88. The van der Waals surface area contributed by atoms with Crippen LogP contribution in [0.4, 0.5) is 23.4 Å². The Labute approximate surface area is 168 Å². The topological polar surface area (TPSA) is 107 Å². The predicted octanol–water partition coefficient (Wildman–Crippen LogP) is 2.34. The van der Waals surface area contributed by atoms with Crippen molar-refractivity contribution in [1.82, 2.24) is 19.9 Å². The number of carboxylic acid groups (broad SMARTS) is 1. The Hall–Kier alpha value is -3.75. The summed E-state index contributed by atoms with van der Waals surface area (Å²) < 4.78 is 0. The fraction of sp³-hybridized carbons (Fsp3) is 0.250. The van der Waals surface area contributed by atoms with Crippen LogP contribution in [0.3, 0.4) is 0 Å². The molecule has 4 rings (SSSR count). The zero-order valence-electron chi connectivity index (χ0n) is 16.0. The summed E-state index contributed by atoms with van der Waals surface area (Å²) in [6.45, 7) is 5.06. The van der Waals surface area contributed by atoms with Gasteiger partial charge >= 0.3 is 5.97 Å². The third-order valence-corrected chi connectivity index (χ3v) is 4.64. The molecule has 2 aromatic heterocycles. The second-order valence-corrected chi connectivity index (χ2v) is 6.72. The van der Waals surface area contributed by atoms with Crippen molar-refractivity contribution in [2.24, 2.45) is 0 Å². The van der Waals surface area contributed by atoms with Gasteiger partial charge in [0.15, 0.2) is 0 Å². The van der Waals surface area contributed by atoms with Crippen molar-refractivity contribution in [3.63, 3.8) is 0 Å². The number of anilines is 4. The highest BCUT2D eigenvalue weighted by atomic mass is 16.4. The minimum absolute atomic E-state index is 0.246. The molecule has 2 N–H and O–H groups in total. The van der Waals surface area contributed by atoms with Crippen LogP contribution in [0.15, 0.2) is 48.8 Å². The number of piperazine rings is 1. The molecular weight excluding hydrogens is 370 g/mol. The monoisotopic (exact) mass is 391 g/mol. The smallest absolute Gasteiger partial charge is 0.335 e. The number of aryl methyl sites for hydroxylation is 1. The van der Waals surface area contributed by atoms with Gasteiger partial charge in [0.2, 0.25) is 11.9 Å². The molecule has 0 spiro atoms. The van der Waals surface area contributed by atoms with Crippen molar-refractivity contribution >= 4 is 29.4 Å². The first-order chi connectivity index (χ1) is 14.1. The minimum Gasteiger partial charge on any atom is -0.478 e. The molecule has 1 aromatic carbocycles. The Morgan fingerprint density at radius 1 is 0.966 bits per heavy atom. The third kappa shape index (κ3) is 4.40. The normalized spacial score (nSPS) is 14.0. The van der Waals surface area contributed by atoms with E-state index in [1.165, 1.54) is 0 Å². The fourth-order valence-corrected chi connectivity index (χ4v) is 3.16. The summed E-state index contributed by atoms with van der Waals surface area (Å²) in [5, 5.41) is 12.2. The summed E-state index contributed by atoms with van der Waals surface area (Å²) in [7, 11) is 0. The molecule has 1 aliphatic heterocycles. The lowest BCUT2D eigenvalue weighted by atomic mass is 10.2. The van der Waals surface area contributed by atoms with Crippen LogP contribution in [-0.2, 0) is 0 Å². The summed E-state index contributed by atoms with van der Waals surface area (Å²) in [6.07, 6.45) is 3.50. The van der Waals surface area contributed by atoms with Gasteiger partial charge in [-0.25, -0.2) is 19.7 Å². The van der Waals surface area contributed by atoms with Gasteiger partial charge in [0.25, 0.3) is 0 Å². The number of rotatable bonds is 5. The lowest BCUT2D eigenvalue weighted by Gasteiger charge is -2.34. The van der Waals surface area contributed by atoms with Crippen LogP contribution < -0.4 is 15.1 Å². The Balaban J connectivity index is 1.45. The van der Waals surface area contributed by atoms with E-state index in [1.807, 2.05) is 19.1 Å². The Morgan fingerprint density at radius 3 is 2.21 bits per heavy atom. The van der Waals surface area contributed by atoms with Crippen LogP contribution in [0.25, 0.3) is 0 Å². The standard InChI is InChI=1S/C20H21N7O2/c1-14-13-17(24-16-5-3-15(4-6-16)18(28)29)25-20(23-14)27-11-9-26(10-12-27)19-21-7-2-8-22-19/h2-8,13H,9-12H2,1H3,(H,28,29)(H,23,24,25). The zero-order valence-corrected chi connectivity index (χ0v) is 16.0. The minimum atomic E-state index is -0.947. The van der Waals surface area contributed by atoms with Gasteiger partial charge in [0.05, 0.1) is 5.56 Å². The molecule has 0 unspecified atom stereocenters. The summed E-state index contributed by atoms with van der Waals surface area (Å²) in [6, 6.07) is 10.2. The number of nitrogens with one attached hydrogen (secondary N) is 1. The number of benzene rings is 1. The SMILES string of the molecule is Cc1cc(Nc2ccc(C(=O)O)cc2)nc(N2CCN(c3ncccn3)CC2)n1. The largest absolute Gasteiger partial charge is 0.478 e. The van der Waals surface area contributed by atoms with E-state index in [-0.39, 0.29) is 5.56 Å². The predicted molar refractivity (Wildman–Crippen MR) is 110 cm³/mol. The second-order valence-electron chi connectivity index (χ2n) is 6.72. The van der Waals surface area contributed by atoms with Gasteiger partial charge in [0, 0.05) is 56.0 Å². The molecule has 148 valence electrons. The van der Waals surface area contributed by atoms with Crippen LogP contribution in [0, 0.1) is 6.92 Å². The van der Waals surface area contributed by atoms with E-state index in [4.69, 9.17) is 5.11 Å². The lowest BCUT2D eigenvalue weighted by Crippen LogP contribution is -2.47. The van der Waals surface area contributed by atoms with Crippen molar-refractivity contribution < 1.29 is 9.90 Å². The number of carboxylic acids is 1. The van der Waals surface area contributed by atoms with Crippen molar-refractivity contribution in [3.05, 3.63) is 60.0 Å². The molecule has 0 bridgehead atoms. The van der Waals surface area contributed by atoms with Gasteiger partial charge < -0.3 is 20.2 Å². The highest BCUT2D eigenvalue weighted by Gasteiger charge is 2.21. The van der Waals surface area contributed by atoms with Crippen LogP contribution in [0.5, 0.6) is 0 Å². The number of aromatic carboxylic acids is 1.